The number of nitriles is 1. The molecule has 5 aromatic rings. The van der Waals surface area contributed by atoms with Gasteiger partial charge in [0.2, 0.25) is 0 Å². The van der Waals surface area contributed by atoms with Crippen molar-refractivity contribution in [1.82, 2.24) is 29.8 Å². The maximum absolute atomic E-state index is 13.2. The third-order valence-electron chi connectivity index (χ3n) is 7.40. The molecule has 1 saturated heterocycles. The first kappa shape index (κ1) is 27.4. The van der Waals surface area contributed by atoms with Gasteiger partial charge in [0, 0.05) is 62.4 Å². The Morgan fingerprint density at radius 2 is 1.79 bits per heavy atom. The monoisotopic (exact) mass is 576 g/mol. The molecular weight excluding hydrogens is 548 g/mol. The quantitative estimate of drug-likeness (QED) is 0.276. The Kier molecular flexibility index (Phi) is 7.82. The Balaban J connectivity index is 1.21. The largest absolute Gasteiger partial charge is 0.369 e. The van der Waals surface area contributed by atoms with Crippen molar-refractivity contribution in [3.63, 3.8) is 0 Å². The maximum Gasteiger partial charge on any atom is 0.270 e. The molecule has 10 heteroatoms. The molecule has 0 saturated carbocycles. The van der Waals surface area contributed by atoms with Gasteiger partial charge in [0.05, 0.1) is 17.2 Å². The molecule has 4 heterocycles. The molecule has 1 N–H and O–H groups in total. The van der Waals surface area contributed by atoms with Gasteiger partial charge in [0.25, 0.3) is 5.91 Å². The van der Waals surface area contributed by atoms with Crippen molar-refractivity contribution < 1.29 is 4.79 Å². The van der Waals surface area contributed by atoms with Crippen LogP contribution in [0.15, 0.2) is 79.0 Å². The van der Waals surface area contributed by atoms with Crippen LogP contribution in [-0.2, 0) is 0 Å². The Bertz CT molecular complexity index is 1770. The second-order valence-corrected chi connectivity index (χ2v) is 10.6. The van der Waals surface area contributed by atoms with Crippen molar-refractivity contribution >= 4 is 28.8 Å². The van der Waals surface area contributed by atoms with E-state index >= 15 is 0 Å². The Morgan fingerprint density at radius 1 is 0.976 bits per heavy atom. The van der Waals surface area contributed by atoms with E-state index in [0.29, 0.717) is 39.9 Å². The highest BCUT2D eigenvalue weighted by Crippen LogP contribution is 2.36. The van der Waals surface area contributed by atoms with Crippen LogP contribution in [0.1, 0.15) is 21.7 Å². The third-order valence-corrected chi connectivity index (χ3v) is 7.59. The minimum absolute atomic E-state index is 0.246. The number of carbonyl (C=O) groups is 1. The van der Waals surface area contributed by atoms with Gasteiger partial charge in [-0.15, -0.1) is 0 Å². The molecule has 9 nitrogen and oxygen atoms in total. The Morgan fingerprint density at radius 3 is 2.55 bits per heavy atom. The molecule has 1 aliphatic heterocycles. The van der Waals surface area contributed by atoms with Gasteiger partial charge in [-0.05, 0) is 55.0 Å². The number of anilines is 1. The van der Waals surface area contributed by atoms with Gasteiger partial charge in [-0.25, -0.2) is 14.5 Å². The second kappa shape index (κ2) is 12.0. The number of para-hydroxylation sites is 1. The van der Waals surface area contributed by atoms with Crippen LogP contribution in [0.4, 0.5) is 5.69 Å². The molecule has 6 rings (SSSR count). The summed E-state index contributed by atoms with van der Waals surface area (Å²) in [5.74, 6) is -0.246. The minimum Gasteiger partial charge on any atom is -0.369 e. The number of rotatable bonds is 7. The maximum atomic E-state index is 13.2. The molecule has 0 radical (unpaired) electrons. The minimum atomic E-state index is -0.246. The highest BCUT2D eigenvalue weighted by Gasteiger charge is 2.21. The first-order valence-electron chi connectivity index (χ1n) is 13.8. The summed E-state index contributed by atoms with van der Waals surface area (Å²) in [5, 5.41) is 17.6. The third kappa shape index (κ3) is 5.81. The van der Waals surface area contributed by atoms with E-state index in [1.54, 1.807) is 35.0 Å². The molecule has 0 spiro atoms. The fourth-order valence-corrected chi connectivity index (χ4v) is 5.57. The summed E-state index contributed by atoms with van der Waals surface area (Å²) in [7, 11) is 0. The van der Waals surface area contributed by atoms with Gasteiger partial charge >= 0.3 is 0 Å². The van der Waals surface area contributed by atoms with E-state index in [1.165, 1.54) is 5.69 Å². The second-order valence-electron chi connectivity index (χ2n) is 10.2. The van der Waals surface area contributed by atoms with E-state index in [9.17, 15) is 10.1 Å². The van der Waals surface area contributed by atoms with Crippen molar-refractivity contribution in [2.75, 3.05) is 44.2 Å². The first-order valence-corrected chi connectivity index (χ1v) is 14.2. The van der Waals surface area contributed by atoms with Gasteiger partial charge in [0.1, 0.15) is 16.5 Å². The lowest BCUT2D eigenvalue weighted by molar-refractivity contribution is 0.0943. The first-order chi connectivity index (χ1) is 20.5. The number of amides is 1. The van der Waals surface area contributed by atoms with E-state index in [4.69, 9.17) is 21.7 Å². The summed E-state index contributed by atoms with van der Waals surface area (Å²) < 4.78 is 1.65. The van der Waals surface area contributed by atoms with E-state index in [-0.39, 0.29) is 5.91 Å². The number of piperazine rings is 1. The fourth-order valence-electron chi connectivity index (χ4n) is 5.32. The van der Waals surface area contributed by atoms with Crippen LogP contribution in [0.25, 0.3) is 28.0 Å². The molecule has 0 aliphatic carbocycles. The normalized spacial score (nSPS) is 13.7. The van der Waals surface area contributed by atoms with Crippen molar-refractivity contribution in [3.8, 4) is 28.5 Å². The molecule has 3 aromatic heterocycles. The fraction of sp³-hybridized carbons (Fsp3) is 0.219. The van der Waals surface area contributed by atoms with Crippen molar-refractivity contribution in [2.24, 2.45) is 0 Å². The molecule has 210 valence electrons. The van der Waals surface area contributed by atoms with Gasteiger partial charge in [-0.3, -0.25) is 9.69 Å². The summed E-state index contributed by atoms with van der Waals surface area (Å²) in [6, 6.07) is 25.2. The van der Waals surface area contributed by atoms with Crippen LogP contribution >= 0.6 is 11.6 Å². The molecule has 1 fully saturated rings. The summed E-state index contributed by atoms with van der Waals surface area (Å²) in [6.45, 7) is 6.95. The van der Waals surface area contributed by atoms with E-state index < -0.39 is 0 Å². The number of nitrogens with one attached hydrogen (secondary N) is 1. The van der Waals surface area contributed by atoms with E-state index in [0.717, 1.165) is 49.5 Å². The molecule has 2 aromatic carbocycles. The highest BCUT2D eigenvalue weighted by molar-refractivity contribution is 6.29. The SMILES string of the molecule is Cc1cc(-c2c(-c3cccc(C#N)c3)nn3ccc(C(=O)NCCN4CCN(c5ccccc5)CC4)nc23)cc(Cl)n1. The Hall–Kier alpha value is -4.78. The summed E-state index contributed by atoms with van der Waals surface area (Å²) >= 11 is 6.33. The van der Waals surface area contributed by atoms with Crippen LogP contribution in [0.5, 0.6) is 0 Å². The number of aromatic nitrogens is 4. The summed E-state index contributed by atoms with van der Waals surface area (Å²) in [4.78, 5) is 27.0. The molecular formula is C32H29ClN8O. The predicted molar refractivity (Wildman–Crippen MR) is 164 cm³/mol. The molecule has 0 unspecified atom stereocenters. The van der Waals surface area contributed by atoms with E-state index in [1.807, 2.05) is 31.2 Å². The lowest BCUT2D eigenvalue weighted by atomic mass is 10.00. The van der Waals surface area contributed by atoms with Crippen LogP contribution in [0.2, 0.25) is 5.15 Å². The lowest BCUT2D eigenvalue weighted by Gasteiger charge is -2.36. The van der Waals surface area contributed by atoms with Gasteiger partial charge < -0.3 is 10.2 Å². The Labute approximate surface area is 249 Å². The molecule has 1 aliphatic rings. The average Bonchev–Trinajstić information content (AvgIpc) is 3.40. The van der Waals surface area contributed by atoms with Crippen molar-refractivity contribution in [1.29, 1.82) is 5.26 Å². The standard InChI is InChI=1S/C32H29ClN8O/c1-22-18-25(20-28(33)36-22)29-30(24-7-5-6-23(19-24)21-34)38-41-12-10-27(37-31(29)41)32(42)35-11-13-39-14-16-40(17-15-39)26-8-3-2-4-9-26/h2-10,12,18-20H,11,13-17H2,1H3,(H,35,42). The lowest BCUT2D eigenvalue weighted by Crippen LogP contribution is -2.48. The van der Waals surface area contributed by atoms with Crippen molar-refractivity contribution in [2.45, 2.75) is 6.92 Å². The number of fused-ring (bicyclic) bond motifs is 1. The smallest absolute Gasteiger partial charge is 0.270 e. The summed E-state index contributed by atoms with van der Waals surface area (Å²) in [6.07, 6.45) is 1.73. The predicted octanol–water partition coefficient (Wildman–Crippen LogP) is 4.84. The molecule has 0 atom stereocenters. The number of hydrogen-bond acceptors (Lipinski definition) is 7. The molecule has 42 heavy (non-hydrogen) atoms. The van der Waals surface area contributed by atoms with Crippen LogP contribution in [0, 0.1) is 18.3 Å². The van der Waals surface area contributed by atoms with Crippen LogP contribution < -0.4 is 10.2 Å². The van der Waals surface area contributed by atoms with E-state index in [2.05, 4.69) is 50.4 Å². The number of pyridine rings is 1. The average molecular weight is 577 g/mol. The van der Waals surface area contributed by atoms with Gasteiger partial charge in [-0.1, -0.05) is 41.9 Å². The number of halogens is 1. The number of hydrogen-bond donors (Lipinski definition) is 1. The number of nitrogens with zero attached hydrogens (tertiary/aromatic N) is 7. The molecule has 0 bridgehead atoms. The highest BCUT2D eigenvalue weighted by atomic mass is 35.5. The van der Waals surface area contributed by atoms with Crippen LogP contribution in [-0.4, -0.2) is 69.7 Å². The molecule has 1 amide bonds. The number of aryl methyl sites for hydroxylation is 1. The zero-order chi connectivity index (χ0) is 29.1. The number of carbonyl (C=O) groups excluding carboxylic acids is 1. The van der Waals surface area contributed by atoms with Gasteiger partial charge in [0.15, 0.2) is 5.65 Å². The zero-order valence-corrected chi connectivity index (χ0v) is 23.9. The topological polar surface area (TPSA) is 102 Å². The zero-order valence-electron chi connectivity index (χ0n) is 23.2. The number of benzene rings is 2. The van der Waals surface area contributed by atoms with Crippen molar-refractivity contribution in [3.05, 3.63) is 101 Å². The van der Waals surface area contributed by atoms with Gasteiger partial charge in [-0.2, -0.15) is 10.4 Å². The van der Waals surface area contributed by atoms with Crippen LogP contribution in [0.3, 0.4) is 0 Å². The summed E-state index contributed by atoms with van der Waals surface area (Å²) in [5.41, 5.74) is 6.21.